The standard InChI is InChI=1S/C48H33NO/c1-3-12-34(13-4-1)42-29-43(35-14-5-2-6-15-35)32-46(31-42)49(45-27-24-36-16-7-8-17-39(36)30-45)44-25-22-37(23-26-44)38-19-11-20-40(28-38)48-33-41-18-9-10-21-47(41)50-48/h1-33H. The lowest BCUT2D eigenvalue weighted by Gasteiger charge is -2.27. The van der Waals surface area contributed by atoms with E-state index < -0.39 is 0 Å². The molecule has 8 aromatic carbocycles. The molecule has 0 spiro atoms. The fourth-order valence-electron chi connectivity index (χ4n) is 6.88. The molecule has 0 aliphatic heterocycles. The Morgan fingerprint density at radius 3 is 1.52 bits per heavy atom. The second-order valence-corrected chi connectivity index (χ2v) is 12.6. The maximum absolute atomic E-state index is 6.20. The summed E-state index contributed by atoms with van der Waals surface area (Å²) < 4.78 is 6.20. The highest BCUT2D eigenvalue weighted by molar-refractivity contribution is 5.91. The van der Waals surface area contributed by atoms with Crippen LogP contribution in [0.5, 0.6) is 0 Å². The maximum atomic E-state index is 6.20. The van der Waals surface area contributed by atoms with Crippen LogP contribution in [-0.2, 0) is 0 Å². The first-order valence-corrected chi connectivity index (χ1v) is 17.0. The summed E-state index contributed by atoms with van der Waals surface area (Å²) in [4.78, 5) is 2.37. The van der Waals surface area contributed by atoms with Gasteiger partial charge in [-0.25, -0.2) is 0 Å². The Kier molecular flexibility index (Phi) is 7.53. The van der Waals surface area contributed by atoms with Crippen LogP contribution in [0.4, 0.5) is 17.1 Å². The average Bonchev–Trinajstić information content (AvgIpc) is 3.64. The third-order valence-electron chi connectivity index (χ3n) is 9.41. The summed E-state index contributed by atoms with van der Waals surface area (Å²) in [5.74, 6) is 0.875. The molecular weight excluding hydrogens is 607 g/mol. The normalized spacial score (nSPS) is 11.2. The molecule has 0 fully saturated rings. The second-order valence-electron chi connectivity index (χ2n) is 12.6. The summed E-state index contributed by atoms with van der Waals surface area (Å²) in [6.07, 6.45) is 0. The van der Waals surface area contributed by atoms with Crippen LogP contribution in [0.15, 0.2) is 205 Å². The monoisotopic (exact) mass is 639 g/mol. The Morgan fingerprint density at radius 2 is 0.820 bits per heavy atom. The summed E-state index contributed by atoms with van der Waals surface area (Å²) in [5.41, 5.74) is 12.3. The van der Waals surface area contributed by atoms with Crippen molar-refractivity contribution < 1.29 is 4.42 Å². The van der Waals surface area contributed by atoms with Crippen LogP contribution < -0.4 is 4.90 Å². The molecule has 0 saturated heterocycles. The molecule has 0 unspecified atom stereocenters. The Hall–Kier alpha value is -6.64. The number of rotatable bonds is 7. The van der Waals surface area contributed by atoms with Gasteiger partial charge >= 0.3 is 0 Å². The van der Waals surface area contributed by atoms with Crippen LogP contribution in [0.2, 0.25) is 0 Å². The van der Waals surface area contributed by atoms with Gasteiger partial charge in [0.1, 0.15) is 11.3 Å². The molecule has 236 valence electrons. The minimum atomic E-state index is 0.875. The van der Waals surface area contributed by atoms with Gasteiger partial charge in [0.25, 0.3) is 0 Å². The first-order valence-electron chi connectivity index (χ1n) is 17.0. The van der Waals surface area contributed by atoms with Crippen molar-refractivity contribution in [1.29, 1.82) is 0 Å². The lowest BCUT2D eigenvalue weighted by Crippen LogP contribution is -2.10. The number of para-hydroxylation sites is 1. The molecule has 0 bridgehead atoms. The third-order valence-corrected chi connectivity index (χ3v) is 9.41. The van der Waals surface area contributed by atoms with E-state index in [1.54, 1.807) is 0 Å². The summed E-state index contributed by atoms with van der Waals surface area (Å²) >= 11 is 0. The minimum Gasteiger partial charge on any atom is -0.456 e. The summed E-state index contributed by atoms with van der Waals surface area (Å²) in [5, 5.41) is 3.54. The molecule has 9 rings (SSSR count). The van der Waals surface area contributed by atoms with E-state index in [1.807, 2.05) is 18.2 Å². The van der Waals surface area contributed by atoms with Crippen LogP contribution in [0.25, 0.3) is 66.4 Å². The molecule has 9 aromatic rings. The van der Waals surface area contributed by atoms with Gasteiger partial charge in [-0.1, -0.05) is 140 Å². The van der Waals surface area contributed by atoms with Crippen molar-refractivity contribution in [3.8, 4) is 44.7 Å². The highest BCUT2D eigenvalue weighted by Crippen LogP contribution is 2.41. The Labute approximate surface area is 292 Å². The minimum absolute atomic E-state index is 0.875. The average molecular weight is 640 g/mol. The van der Waals surface area contributed by atoms with E-state index in [4.69, 9.17) is 4.42 Å². The summed E-state index contributed by atoms with van der Waals surface area (Å²) in [7, 11) is 0. The van der Waals surface area contributed by atoms with Crippen molar-refractivity contribution in [2.75, 3.05) is 4.90 Å². The SMILES string of the molecule is c1ccc(-c2cc(-c3ccccc3)cc(N(c3ccc(-c4cccc(-c5cc6ccccc6o5)c4)cc3)c3ccc4ccccc4c3)c2)cc1. The lowest BCUT2D eigenvalue weighted by molar-refractivity contribution is 0.631. The van der Waals surface area contributed by atoms with Crippen molar-refractivity contribution in [1.82, 2.24) is 0 Å². The molecule has 1 heterocycles. The van der Waals surface area contributed by atoms with E-state index in [0.717, 1.165) is 50.5 Å². The van der Waals surface area contributed by atoms with Crippen molar-refractivity contribution >= 4 is 38.8 Å². The molecule has 0 N–H and O–H groups in total. The van der Waals surface area contributed by atoms with E-state index in [1.165, 1.54) is 33.0 Å². The second kappa shape index (κ2) is 12.8. The molecule has 0 aliphatic carbocycles. The smallest absolute Gasteiger partial charge is 0.135 e. The van der Waals surface area contributed by atoms with Gasteiger partial charge in [-0.05, 0) is 105 Å². The van der Waals surface area contributed by atoms with Gasteiger partial charge in [-0.2, -0.15) is 0 Å². The predicted octanol–water partition coefficient (Wildman–Crippen LogP) is 13.7. The van der Waals surface area contributed by atoms with Gasteiger partial charge in [0.15, 0.2) is 0 Å². The molecule has 50 heavy (non-hydrogen) atoms. The van der Waals surface area contributed by atoms with Crippen molar-refractivity contribution in [2.45, 2.75) is 0 Å². The van der Waals surface area contributed by atoms with Crippen molar-refractivity contribution in [3.05, 3.63) is 200 Å². The largest absolute Gasteiger partial charge is 0.456 e. The fraction of sp³-hybridized carbons (Fsp3) is 0. The van der Waals surface area contributed by atoms with Crippen LogP contribution in [0.1, 0.15) is 0 Å². The zero-order valence-corrected chi connectivity index (χ0v) is 27.4. The zero-order chi connectivity index (χ0) is 33.3. The lowest BCUT2D eigenvalue weighted by atomic mass is 9.97. The van der Waals surface area contributed by atoms with E-state index in [0.29, 0.717) is 0 Å². The van der Waals surface area contributed by atoms with Gasteiger partial charge in [0.2, 0.25) is 0 Å². The topological polar surface area (TPSA) is 16.4 Å². The third kappa shape index (κ3) is 5.74. The number of furan rings is 1. The maximum Gasteiger partial charge on any atom is 0.135 e. The molecule has 0 amide bonds. The first kappa shape index (κ1) is 29.5. The molecule has 0 atom stereocenters. The number of anilines is 3. The van der Waals surface area contributed by atoms with E-state index in [9.17, 15) is 0 Å². The molecule has 0 aliphatic rings. The number of fused-ring (bicyclic) bond motifs is 2. The molecule has 1 aromatic heterocycles. The Bertz CT molecular complexity index is 2490. The van der Waals surface area contributed by atoms with Crippen LogP contribution in [0.3, 0.4) is 0 Å². The molecule has 2 nitrogen and oxygen atoms in total. The quantitative estimate of drug-likeness (QED) is 0.173. The number of hydrogen-bond donors (Lipinski definition) is 0. The highest BCUT2D eigenvalue weighted by Gasteiger charge is 2.17. The van der Waals surface area contributed by atoms with Crippen LogP contribution >= 0.6 is 0 Å². The van der Waals surface area contributed by atoms with E-state index in [-0.39, 0.29) is 0 Å². The fourth-order valence-corrected chi connectivity index (χ4v) is 6.88. The molecule has 2 heteroatoms. The molecule has 0 radical (unpaired) electrons. The van der Waals surface area contributed by atoms with E-state index in [2.05, 4.69) is 187 Å². The van der Waals surface area contributed by atoms with Gasteiger partial charge in [-0.15, -0.1) is 0 Å². The molecular formula is C48H33NO. The Balaban J connectivity index is 1.17. The zero-order valence-electron chi connectivity index (χ0n) is 27.4. The number of hydrogen-bond acceptors (Lipinski definition) is 2. The van der Waals surface area contributed by atoms with Crippen LogP contribution in [-0.4, -0.2) is 0 Å². The number of nitrogens with zero attached hydrogens (tertiary/aromatic N) is 1. The van der Waals surface area contributed by atoms with E-state index >= 15 is 0 Å². The van der Waals surface area contributed by atoms with Crippen molar-refractivity contribution in [3.63, 3.8) is 0 Å². The van der Waals surface area contributed by atoms with Crippen molar-refractivity contribution in [2.24, 2.45) is 0 Å². The first-order chi connectivity index (χ1) is 24.7. The van der Waals surface area contributed by atoms with Crippen LogP contribution in [0, 0.1) is 0 Å². The summed E-state index contributed by atoms with van der Waals surface area (Å²) in [6.45, 7) is 0. The summed E-state index contributed by atoms with van der Waals surface area (Å²) in [6, 6.07) is 71.3. The molecule has 0 saturated carbocycles. The van der Waals surface area contributed by atoms with Gasteiger partial charge in [-0.3, -0.25) is 0 Å². The van der Waals surface area contributed by atoms with Gasteiger partial charge in [0, 0.05) is 28.0 Å². The predicted molar refractivity (Wildman–Crippen MR) is 210 cm³/mol. The Morgan fingerprint density at radius 1 is 0.280 bits per heavy atom. The highest BCUT2D eigenvalue weighted by atomic mass is 16.3. The van der Waals surface area contributed by atoms with Gasteiger partial charge in [0.05, 0.1) is 0 Å². The number of benzene rings is 8. The van der Waals surface area contributed by atoms with Gasteiger partial charge < -0.3 is 9.32 Å².